The number of rotatable bonds is 9. The summed E-state index contributed by atoms with van der Waals surface area (Å²) in [5.41, 5.74) is 1.15. The fraction of sp³-hybridized carbons (Fsp3) is 0.632. The lowest BCUT2D eigenvalue weighted by Gasteiger charge is -2.25. The Bertz CT molecular complexity index is 533. The van der Waals surface area contributed by atoms with Crippen LogP contribution in [0.5, 0.6) is 5.75 Å². The highest BCUT2D eigenvalue weighted by Gasteiger charge is 2.27. The van der Waals surface area contributed by atoms with E-state index in [-0.39, 0.29) is 18.4 Å². The number of amides is 1. The molecule has 25 heavy (non-hydrogen) atoms. The first kappa shape index (κ1) is 19.7. The number of hydrogen-bond donors (Lipinski definition) is 2. The smallest absolute Gasteiger partial charge is 0.220 e. The van der Waals surface area contributed by atoms with Gasteiger partial charge in [0.05, 0.1) is 6.61 Å². The predicted octanol–water partition coefficient (Wildman–Crippen LogP) is 0.913. The van der Waals surface area contributed by atoms with Crippen LogP contribution in [0.1, 0.15) is 24.3 Å². The summed E-state index contributed by atoms with van der Waals surface area (Å²) >= 11 is 0. The van der Waals surface area contributed by atoms with Crippen molar-refractivity contribution in [1.29, 1.82) is 0 Å². The minimum Gasteiger partial charge on any atom is -0.491 e. The zero-order valence-electron chi connectivity index (χ0n) is 15.6. The molecule has 1 heterocycles. The van der Waals surface area contributed by atoms with E-state index in [0.717, 1.165) is 30.9 Å². The Labute approximate surface area is 150 Å². The molecular formula is C19H31N3O3. The number of benzene rings is 1. The summed E-state index contributed by atoms with van der Waals surface area (Å²) in [6.07, 6.45) is 1.66. The van der Waals surface area contributed by atoms with Crippen LogP contribution >= 0.6 is 0 Å². The molecule has 2 rings (SSSR count). The molecule has 0 spiro atoms. The number of carbonyl (C=O) groups excluding carboxylic acids is 1. The summed E-state index contributed by atoms with van der Waals surface area (Å²) in [4.78, 5) is 16.7. The molecule has 1 fully saturated rings. The molecule has 1 aliphatic heterocycles. The number of nitrogens with one attached hydrogen (secondary N) is 1. The lowest BCUT2D eigenvalue weighted by atomic mass is 9.94. The van der Waals surface area contributed by atoms with E-state index in [1.165, 1.54) is 6.42 Å². The van der Waals surface area contributed by atoms with Gasteiger partial charge in [-0.1, -0.05) is 12.1 Å². The first-order valence-electron chi connectivity index (χ1n) is 8.96. The molecule has 6 nitrogen and oxygen atoms in total. The number of likely N-dealkylation sites (N-methyl/N-ethyl adjacent to an activating group) is 1. The maximum atomic E-state index is 12.0. The summed E-state index contributed by atoms with van der Waals surface area (Å²) in [6.45, 7) is 3.30. The average Bonchev–Trinajstić information content (AvgIpc) is 3.08. The van der Waals surface area contributed by atoms with Gasteiger partial charge in [-0.25, -0.2) is 0 Å². The molecule has 0 bridgehead atoms. The van der Waals surface area contributed by atoms with E-state index in [2.05, 4.69) is 29.2 Å². The van der Waals surface area contributed by atoms with E-state index in [1.54, 1.807) is 7.05 Å². The summed E-state index contributed by atoms with van der Waals surface area (Å²) in [6, 6.07) is 8.47. The zero-order valence-corrected chi connectivity index (χ0v) is 15.6. The third kappa shape index (κ3) is 5.99. The molecule has 1 aromatic carbocycles. The Morgan fingerprint density at radius 3 is 2.68 bits per heavy atom. The molecule has 2 N–H and O–H groups in total. The van der Waals surface area contributed by atoms with Crippen LogP contribution in [0, 0.1) is 0 Å². The molecule has 1 saturated heterocycles. The molecule has 1 aliphatic rings. The van der Waals surface area contributed by atoms with Crippen LogP contribution in [0.25, 0.3) is 0 Å². The second-order valence-corrected chi connectivity index (χ2v) is 6.88. The number of aliphatic hydroxyl groups excluding tert-OH is 1. The number of carbonyl (C=O) groups is 1. The van der Waals surface area contributed by atoms with Gasteiger partial charge in [-0.3, -0.25) is 4.79 Å². The van der Waals surface area contributed by atoms with Crippen LogP contribution in [0.3, 0.4) is 0 Å². The Morgan fingerprint density at radius 1 is 1.40 bits per heavy atom. The van der Waals surface area contributed by atoms with Crippen LogP contribution in [-0.4, -0.2) is 80.8 Å². The zero-order chi connectivity index (χ0) is 18.2. The SMILES string of the molecule is CNC(=O)C[C@H](CN1CC[C@H](N(C)C)C1)c1ccc(OCCO)cc1. The third-order valence-corrected chi connectivity index (χ3v) is 4.88. The summed E-state index contributed by atoms with van der Waals surface area (Å²) < 4.78 is 5.42. The summed E-state index contributed by atoms with van der Waals surface area (Å²) in [5, 5.41) is 11.6. The van der Waals surface area contributed by atoms with Crippen LogP contribution < -0.4 is 10.1 Å². The van der Waals surface area contributed by atoms with Crippen molar-refractivity contribution in [2.45, 2.75) is 24.8 Å². The Balaban J connectivity index is 2.03. The van der Waals surface area contributed by atoms with Crippen molar-refractivity contribution < 1.29 is 14.6 Å². The quantitative estimate of drug-likeness (QED) is 0.694. The predicted molar refractivity (Wildman–Crippen MR) is 99.0 cm³/mol. The molecule has 0 radical (unpaired) electrons. The largest absolute Gasteiger partial charge is 0.491 e. The van der Waals surface area contributed by atoms with E-state index in [4.69, 9.17) is 9.84 Å². The highest BCUT2D eigenvalue weighted by Crippen LogP contribution is 2.26. The Morgan fingerprint density at radius 2 is 2.12 bits per heavy atom. The van der Waals surface area contributed by atoms with Gasteiger partial charge in [0.15, 0.2) is 0 Å². The molecule has 0 saturated carbocycles. The molecule has 1 amide bonds. The standard InChI is InChI=1S/C19H31N3O3/c1-20-19(24)12-16(13-22-9-8-17(14-22)21(2)3)15-4-6-18(7-5-15)25-11-10-23/h4-7,16-17,23H,8-14H2,1-3H3,(H,20,24)/t16-,17+/m1/s1. The van der Waals surface area contributed by atoms with Crippen LogP contribution in [0.4, 0.5) is 0 Å². The lowest BCUT2D eigenvalue weighted by molar-refractivity contribution is -0.121. The highest BCUT2D eigenvalue weighted by molar-refractivity contribution is 5.76. The lowest BCUT2D eigenvalue weighted by Crippen LogP contribution is -2.34. The van der Waals surface area contributed by atoms with Crippen molar-refractivity contribution in [1.82, 2.24) is 15.1 Å². The number of nitrogens with zero attached hydrogens (tertiary/aromatic N) is 2. The van der Waals surface area contributed by atoms with Gasteiger partial charge in [0, 0.05) is 38.5 Å². The van der Waals surface area contributed by atoms with Crippen molar-refractivity contribution >= 4 is 5.91 Å². The van der Waals surface area contributed by atoms with E-state index in [0.29, 0.717) is 19.1 Å². The molecule has 2 atom stereocenters. The first-order chi connectivity index (χ1) is 12.0. The minimum atomic E-state index is 0.00303. The van der Waals surface area contributed by atoms with Crippen molar-refractivity contribution in [2.24, 2.45) is 0 Å². The second kappa shape index (κ2) is 9.75. The van der Waals surface area contributed by atoms with Gasteiger partial charge in [-0.05, 0) is 44.8 Å². The van der Waals surface area contributed by atoms with Crippen molar-refractivity contribution in [2.75, 3.05) is 54.0 Å². The summed E-state index contributed by atoms with van der Waals surface area (Å²) in [7, 11) is 5.94. The van der Waals surface area contributed by atoms with Crippen molar-refractivity contribution in [3.05, 3.63) is 29.8 Å². The Kier molecular flexibility index (Phi) is 7.68. The van der Waals surface area contributed by atoms with Crippen LogP contribution in [0.2, 0.25) is 0 Å². The molecule has 6 heteroatoms. The van der Waals surface area contributed by atoms with E-state index in [9.17, 15) is 4.79 Å². The number of likely N-dealkylation sites (tertiary alicyclic amines) is 1. The molecular weight excluding hydrogens is 318 g/mol. The Hall–Kier alpha value is -1.63. The topological polar surface area (TPSA) is 65.0 Å². The normalized spacial score (nSPS) is 19.2. The average molecular weight is 349 g/mol. The van der Waals surface area contributed by atoms with E-state index >= 15 is 0 Å². The van der Waals surface area contributed by atoms with Gasteiger partial charge in [0.25, 0.3) is 0 Å². The van der Waals surface area contributed by atoms with Gasteiger partial charge < -0.3 is 25.0 Å². The van der Waals surface area contributed by atoms with Crippen molar-refractivity contribution in [3.8, 4) is 5.75 Å². The summed E-state index contributed by atoms with van der Waals surface area (Å²) in [5.74, 6) is 0.965. The molecule has 0 aromatic heterocycles. The van der Waals surface area contributed by atoms with Crippen LogP contribution in [0.15, 0.2) is 24.3 Å². The minimum absolute atomic E-state index is 0.00303. The third-order valence-electron chi connectivity index (χ3n) is 4.88. The van der Waals surface area contributed by atoms with Gasteiger partial charge in [-0.2, -0.15) is 0 Å². The van der Waals surface area contributed by atoms with Gasteiger partial charge >= 0.3 is 0 Å². The maximum absolute atomic E-state index is 12.0. The first-order valence-corrected chi connectivity index (χ1v) is 8.96. The van der Waals surface area contributed by atoms with E-state index < -0.39 is 0 Å². The van der Waals surface area contributed by atoms with Gasteiger partial charge in [0.2, 0.25) is 5.91 Å². The second-order valence-electron chi connectivity index (χ2n) is 6.88. The fourth-order valence-corrected chi connectivity index (χ4v) is 3.32. The van der Waals surface area contributed by atoms with E-state index in [1.807, 2.05) is 24.3 Å². The number of ether oxygens (including phenoxy) is 1. The fourth-order valence-electron chi connectivity index (χ4n) is 3.32. The maximum Gasteiger partial charge on any atom is 0.220 e. The number of aliphatic hydroxyl groups is 1. The van der Waals surface area contributed by atoms with Crippen molar-refractivity contribution in [3.63, 3.8) is 0 Å². The van der Waals surface area contributed by atoms with Gasteiger partial charge in [0.1, 0.15) is 12.4 Å². The molecule has 1 aromatic rings. The highest BCUT2D eigenvalue weighted by atomic mass is 16.5. The monoisotopic (exact) mass is 349 g/mol. The molecule has 0 aliphatic carbocycles. The number of hydrogen-bond acceptors (Lipinski definition) is 5. The van der Waals surface area contributed by atoms with Crippen LogP contribution in [-0.2, 0) is 4.79 Å². The molecule has 140 valence electrons. The molecule has 0 unspecified atom stereocenters. The van der Waals surface area contributed by atoms with Gasteiger partial charge in [-0.15, -0.1) is 0 Å².